The molecule has 122 valence electrons. The second kappa shape index (κ2) is 6.93. The maximum Gasteiger partial charge on any atom is 0.335 e. The van der Waals surface area contributed by atoms with Gasteiger partial charge in [-0.05, 0) is 37.1 Å². The molecule has 2 aromatic rings. The first kappa shape index (κ1) is 15.7. The van der Waals surface area contributed by atoms with Gasteiger partial charge in [0.1, 0.15) is 5.82 Å². The zero-order valence-corrected chi connectivity index (χ0v) is 13.0. The lowest BCUT2D eigenvalue weighted by Crippen LogP contribution is -2.34. The largest absolute Gasteiger partial charge is 0.478 e. The summed E-state index contributed by atoms with van der Waals surface area (Å²) in [5, 5.41) is 18.0. The summed E-state index contributed by atoms with van der Waals surface area (Å²) in [5.74, 6) is 0.133. The second-order valence-corrected chi connectivity index (χ2v) is 5.88. The highest BCUT2D eigenvalue weighted by atomic mass is 16.4. The van der Waals surface area contributed by atoms with Crippen LogP contribution in [-0.4, -0.2) is 43.7 Å². The average Bonchev–Trinajstić information content (AvgIpc) is 2.98. The highest BCUT2D eigenvalue weighted by Crippen LogP contribution is 2.14. The van der Waals surface area contributed by atoms with E-state index >= 15 is 0 Å². The van der Waals surface area contributed by atoms with Crippen LogP contribution >= 0.6 is 0 Å². The number of carbonyl (C=O) groups is 1. The Balaban J connectivity index is 1.48. The molecule has 1 aromatic heterocycles. The predicted molar refractivity (Wildman–Crippen MR) is 85.1 cm³/mol. The molecule has 23 heavy (non-hydrogen) atoms. The van der Waals surface area contributed by atoms with Crippen molar-refractivity contribution in [2.45, 2.75) is 32.5 Å². The summed E-state index contributed by atoms with van der Waals surface area (Å²) in [6.07, 6.45) is 3.89. The van der Waals surface area contributed by atoms with E-state index in [1.807, 2.05) is 18.3 Å². The zero-order chi connectivity index (χ0) is 16.2. The molecule has 0 saturated carbocycles. The van der Waals surface area contributed by atoms with Crippen LogP contribution in [-0.2, 0) is 26.1 Å². The lowest BCUT2D eigenvalue weighted by Gasteiger charge is -2.27. The molecule has 0 amide bonds. The number of carboxylic acids is 1. The minimum Gasteiger partial charge on any atom is -0.478 e. The van der Waals surface area contributed by atoms with Crippen molar-refractivity contribution >= 4 is 5.97 Å². The molecule has 0 aliphatic carbocycles. The molecule has 6 nitrogen and oxygen atoms in total. The van der Waals surface area contributed by atoms with Gasteiger partial charge in [0.25, 0.3) is 0 Å². The van der Waals surface area contributed by atoms with Crippen molar-refractivity contribution in [2.75, 3.05) is 13.1 Å². The lowest BCUT2D eigenvalue weighted by atomic mass is 10.1. The van der Waals surface area contributed by atoms with E-state index in [9.17, 15) is 4.79 Å². The Morgan fingerprint density at radius 3 is 2.70 bits per heavy atom. The van der Waals surface area contributed by atoms with Gasteiger partial charge in [-0.15, -0.1) is 0 Å². The Hall–Kier alpha value is -2.18. The topological polar surface area (TPSA) is 78.6 Å². The SMILES string of the molecule is O=C(O)c1ccc(CCCN2CCn3cc(CO)nc3C2)cc1. The van der Waals surface area contributed by atoms with Crippen molar-refractivity contribution in [3.63, 3.8) is 0 Å². The zero-order valence-electron chi connectivity index (χ0n) is 13.0. The molecule has 3 rings (SSSR count). The number of benzene rings is 1. The molecule has 1 aliphatic rings. The highest BCUT2D eigenvalue weighted by molar-refractivity contribution is 5.87. The summed E-state index contributed by atoms with van der Waals surface area (Å²) in [5.41, 5.74) is 2.23. The van der Waals surface area contributed by atoms with Crippen LogP contribution in [0, 0.1) is 0 Å². The Bertz CT molecular complexity index is 679. The van der Waals surface area contributed by atoms with Crippen molar-refractivity contribution in [2.24, 2.45) is 0 Å². The Morgan fingerprint density at radius 2 is 2.00 bits per heavy atom. The van der Waals surface area contributed by atoms with Crippen molar-refractivity contribution < 1.29 is 15.0 Å². The number of fused-ring (bicyclic) bond motifs is 1. The van der Waals surface area contributed by atoms with Crippen molar-refractivity contribution in [3.8, 4) is 0 Å². The summed E-state index contributed by atoms with van der Waals surface area (Å²) in [6.45, 7) is 3.70. The normalized spacial score (nSPS) is 14.7. The Labute approximate surface area is 135 Å². The Morgan fingerprint density at radius 1 is 1.22 bits per heavy atom. The molecule has 0 spiro atoms. The van der Waals surface area contributed by atoms with E-state index in [0.717, 1.165) is 56.1 Å². The molecule has 2 heterocycles. The Kier molecular flexibility index (Phi) is 4.73. The molecule has 0 atom stereocenters. The summed E-state index contributed by atoms with van der Waals surface area (Å²) in [6, 6.07) is 7.09. The van der Waals surface area contributed by atoms with Gasteiger partial charge in [-0.2, -0.15) is 0 Å². The number of aliphatic hydroxyl groups is 1. The predicted octanol–water partition coefficient (Wildman–Crippen LogP) is 1.52. The first-order chi connectivity index (χ1) is 11.2. The number of carboxylic acid groups (broad SMARTS) is 1. The van der Waals surface area contributed by atoms with E-state index < -0.39 is 5.97 Å². The molecule has 0 bridgehead atoms. The fourth-order valence-electron chi connectivity index (χ4n) is 2.95. The number of nitrogens with zero attached hydrogens (tertiary/aromatic N) is 3. The van der Waals surface area contributed by atoms with Crippen molar-refractivity contribution in [1.29, 1.82) is 0 Å². The van der Waals surface area contributed by atoms with Gasteiger partial charge in [0, 0.05) is 19.3 Å². The third-order valence-electron chi connectivity index (χ3n) is 4.23. The van der Waals surface area contributed by atoms with Gasteiger partial charge in [-0.25, -0.2) is 9.78 Å². The monoisotopic (exact) mass is 315 g/mol. The standard InChI is InChI=1S/C17H21N3O3/c21-12-15-10-20-9-8-19(11-16(20)18-15)7-1-2-13-3-5-14(6-4-13)17(22)23/h3-6,10,21H,1-2,7-9,11-12H2,(H,22,23). The smallest absolute Gasteiger partial charge is 0.335 e. The molecule has 2 N–H and O–H groups in total. The van der Waals surface area contributed by atoms with E-state index in [-0.39, 0.29) is 6.61 Å². The number of aryl methyl sites for hydroxylation is 1. The average molecular weight is 315 g/mol. The van der Waals surface area contributed by atoms with Gasteiger partial charge in [-0.3, -0.25) is 4.90 Å². The molecule has 1 aromatic carbocycles. The third kappa shape index (κ3) is 3.78. The molecule has 6 heteroatoms. The first-order valence-corrected chi connectivity index (χ1v) is 7.86. The van der Waals surface area contributed by atoms with Crippen LogP contribution in [0.1, 0.15) is 33.9 Å². The van der Waals surface area contributed by atoms with Gasteiger partial charge in [0.05, 0.1) is 24.4 Å². The third-order valence-corrected chi connectivity index (χ3v) is 4.23. The summed E-state index contributed by atoms with van der Waals surface area (Å²) in [7, 11) is 0. The molecule has 0 saturated heterocycles. The van der Waals surface area contributed by atoms with Gasteiger partial charge in [-0.1, -0.05) is 12.1 Å². The van der Waals surface area contributed by atoms with Crippen LogP contribution in [0.2, 0.25) is 0 Å². The molecule has 0 unspecified atom stereocenters. The molecule has 0 fully saturated rings. The number of aromatic nitrogens is 2. The minimum absolute atomic E-state index is 0.00760. The minimum atomic E-state index is -0.886. The van der Waals surface area contributed by atoms with Crippen molar-refractivity contribution in [3.05, 3.63) is 53.1 Å². The van der Waals surface area contributed by atoms with E-state index in [1.54, 1.807) is 12.1 Å². The van der Waals surface area contributed by atoms with Crippen LogP contribution in [0.3, 0.4) is 0 Å². The fourth-order valence-corrected chi connectivity index (χ4v) is 2.95. The van der Waals surface area contributed by atoms with E-state index in [0.29, 0.717) is 5.56 Å². The van der Waals surface area contributed by atoms with Crippen molar-refractivity contribution in [1.82, 2.24) is 14.5 Å². The van der Waals surface area contributed by atoms with E-state index in [2.05, 4.69) is 14.5 Å². The summed E-state index contributed by atoms with van der Waals surface area (Å²) >= 11 is 0. The maximum atomic E-state index is 10.8. The number of aromatic carboxylic acids is 1. The van der Waals surface area contributed by atoms with Crippen LogP contribution in [0.15, 0.2) is 30.5 Å². The number of hydrogen-bond acceptors (Lipinski definition) is 4. The lowest BCUT2D eigenvalue weighted by molar-refractivity contribution is 0.0697. The van der Waals surface area contributed by atoms with Gasteiger partial charge in [0.15, 0.2) is 0 Å². The molecule has 1 aliphatic heterocycles. The summed E-state index contributed by atoms with van der Waals surface area (Å²) < 4.78 is 2.12. The van der Waals surface area contributed by atoms with Gasteiger partial charge >= 0.3 is 5.97 Å². The van der Waals surface area contributed by atoms with Crippen LogP contribution in [0.5, 0.6) is 0 Å². The van der Waals surface area contributed by atoms with Gasteiger partial charge in [0.2, 0.25) is 0 Å². The number of rotatable bonds is 6. The molecular weight excluding hydrogens is 294 g/mol. The van der Waals surface area contributed by atoms with E-state index in [1.165, 1.54) is 0 Å². The van der Waals surface area contributed by atoms with Gasteiger partial charge < -0.3 is 14.8 Å². The molecule has 0 radical (unpaired) electrons. The molecular formula is C17H21N3O3. The van der Waals surface area contributed by atoms with Crippen LogP contribution < -0.4 is 0 Å². The van der Waals surface area contributed by atoms with Crippen LogP contribution in [0.25, 0.3) is 0 Å². The highest BCUT2D eigenvalue weighted by Gasteiger charge is 2.17. The maximum absolute atomic E-state index is 10.8. The quantitative estimate of drug-likeness (QED) is 0.845. The number of imidazole rings is 1. The van der Waals surface area contributed by atoms with E-state index in [4.69, 9.17) is 10.2 Å². The number of aliphatic hydroxyl groups excluding tert-OH is 1. The first-order valence-electron chi connectivity index (χ1n) is 7.86. The van der Waals surface area contributed by atoms with Crippen LogP contribution in [0.4, 0.5) is 0 Å². The summed E-state index contributed by atoms with van der Waals surface area (Å²) in [4.78, 5) is 17.6. The number of hydrogen-bond donors (Lipinski definition) is 2. The second-order valence-electron chi connectivity index (χ2n) is 5.88. The fraction of sp³-hybridized carbons (Fsp3) is 0.412.